The normalized spacial score (nSPS) is 19.2. The van der Waals surface area contributed by atoms with E-state index in [-0.39, 0.29) is 27.6 Å². The predicted molar refractivity (Wildman–Crippen MR) is 77.2 cm³/mol. The van der Waals surface area contributed by atoms with Crippen LogP contribution in [-0.4, -0.2) is 34.8 Å². The van der Waals surface area contributed by atoms with E-state index in [4.69, 9.17) is 32.7 Å². The maximum Gasteiger partial charge on any atom is 0.242 e. The molecule has 20 heavy (non-hydrogen) atoms. The molecule has 5 nitrogen and oxygen atoms in total. The Balaban J connectivity index is 2.18. The van der Waals surface area contributed by atoms with Crippen molar-refractivity contribution in [3.8, 4) is 5.75 Å². The first-order valence-electron chi connectivity index (χ1n) is 6.09. The highest BCUT2D eigenvalue weighted by atomic mass is 35.5. The van der Waals surface area contributed by atoms with Crippen molar-refractivity contribution in [1.29, 1.82) is 0 Å². The molecule has 0 bridgehead atoms. The minimum absolute atomic E-state index is 0.0501. The summed E-state index contributed by atoms with van der Waals surface area (Å²) in [4.78, 5) is -0.0667. The van der Waals surface area contributed by atoms with Crippen LogP contribution in [0.1, 0.15) is 12.8 Å². The molecule has 1 N–H and O–H groups in total. The number of methoxy groups -OCH3 is 1. The van der Waals surface area contributed by atoms with Crippen LogP contribution in [0.25, 0.3) is 0 Å². The summed E-state index contributed by atoms with van der Waals surface area (Å²) in [6.07, 6.45) is 1.71. The van der Waals surface area contributed by atoms with Gasteiger partial charge in [-0.3, -0.25) is 0 Å². The Labute approximate surface area is 128 Å². The lowest BCUT2D eigenvalue weighted by Crippen LogP contribution is -2.32. The Morgan fingerprint density at radius 3 is 2.75 bits per heavy atom. The third kappa shape index (κ3) is 3.38. The number of sulfonamides is 1. The molecule has 1 saturated heterocycles. The van der Waals surface area contributed by atoms with Crippen molar-refractivity contribution in [1.82, 2.24) is 4.72 Å². The van der Waals surface area contributed by atoms with E-state index >= 15 is 0 Å². The van der Waals surface area contributed by atoms with E-state index in [1.54, 1.807) is 0 Å². The zero-order valence-electron chi connectivity index (χ0n) is 10.9. The summed E-state index contributed by atoms with van der Waals surface area (Å²) in [6, 6.07) is 2.83. The molecule has 8 heteroatoms. The SMILES string of the molecule is COc1ccc(S(=O)(=O)NC[C@H]2CCCO2)c(Cl)c1Cl. The standard InChI is InChI=1S/C12H15Cl2NO4S/c1-18-9-4-5-10(12(14)11(9)13)20(16,17)15-7-8-3-2-6-19-8/h4-5,8,15H,2-3,6-7H2,1H3/t8-/m1/s1. The third-order valence-corrected chi connectivity index (χ3v) is 5.49. The Morgan fingerprint density at radius 2 is 2.15 bits per heavy atom. The van der Waals surface area contributed by atoms with E-state index in [9.17, 15) is 8.42 Å². The fourth-order valence-electron chi connectivity index (χ4n) is 1.96. The number of ether oxygens (including phenoxy) is 2. The van der Waals surface area contributed by atoms with Gasteiger partial charge in [-0.15, -0.1) is 0 Å². The van der Waals surface area contributed by atoms with Crippen LogP contribution in [0, 0.1) is 0 Å². The Morgan fingerprint density at radius 1 is 1.40 bits per heavy atom. The molecule has 0 spiro atoms. The van der Waals surface area contributed by atoms with Crippen molar-refractivity contribution in [3.05, 3.63) is 22.2 Å². The van der Waals surface area contributed by atoms with Crippen LogP contribution in [-0.2, 0) is 14.8 Å². The molecule has 0 amide bonds. The topological polar surface area (TPSA) is 64.6 Å². The lowest BCUT2D eigenvalue weighted by atomic mass is 10.2. The second-order valence-corrected chi connectivity index (χ2v) is 6.87. The molecule has 1 aliphatic rings. The van der Waals surface area contributed by atoms with E-state index in [2.05, 4.69) is 4.72 Å². The van der Waals surface area contributed by atoms with Crippen molar-refractivity contribution >= 4 is 33.2 Å². The maximum absolute atomic E-state index is 12.2. The number of rotatable bonds is 5. The van der Waals surface area contributed by atoms with Crippen LogP contribution in [0.4, 0.5) is 0 Å². The van der Waals surface area contributed by atoms with Gasteiger partial charge in [0.15, 0.2) is 0 Å². The molecular weight excluding hydrogens is 325 g/mol. The lowest BCUT2D eigenvalue weighted by molar-refractivity contribution is 0.114. The zero-order chi connectivity index (χ0) is 14.8. The molecule has 0 saturated carbocycles. The monoisotopic (exact) mass is 339 g/mol. The van der Waals surface area contributed by atoms with Crippen LogP contribution >= 0.6 is 23.2 Å². The summed E-state index contributed by atoms with van der Waals surface area (Å²) in [5, 5.41) is 0.0278. The molecule has 1 aliphatic heterocycles. The minimum Gasteiger partial charge on any atom is -0.495 e. The van der Waals surface area contributed by atoms with E-state index in [1.807, 2.05) is 0 Å². The fourth-order valence-corrected chi connectivity index (χ4v) is 3.87. The maximum atomic E-state index is 12.2. The average molecular weight is 340 g/mol. The number of halogens is 2. The van der Waals surface area contributed by atoms with Gasteiger partial charge in [0.05, 0.1) is 18.2 Å². The van der Waals surface area contributed by atoms with Crippen LogP contribution in [0.2, 0.25) is 10.0 Å². The molecule has 2 rings (SSSR count). The van der Waals surface area contributed by atoms with Crippen molar-refractivity contribution < 1.29 is 17.9 Å². The van der Waals surface area contributed by atoms with E-state index in [0.29, 0.717) is 12.4 Å². The highest BCUT2D eigenvalue weighted by molar-refractivity contribution is 7.89. The molecule has 0 unspecified atom stereocenters. The summed E-state index contributed by atoms with van der Waals surface area (Å²) in [7, 11) is -2.30. The Kier molecular flexibility index (Phi) is 5.14. The molecule has 0 aliphatic carbocycles. The molecule has 1 fully saturated rings. The first-order valence-corrected chi connectivity index (χ1v) is 8.33. The number of nitrogens with one attached hydrogen (secondary N) is 1. The summed E-state index contributed by atoms with van der Waals surface area (Å²) >= 11 is 12.0. The second kappa shape index (κ2) is 6.49. The van der Waals surface area contributed by atoms with Crippen molar-refractivity contribution in [2.24, 2.45) is 0 Å². The molecule has 1 atom stereocenters. The molecule has 1 aromatic carbocycles. The van der Waals surface area contributed by atoms with Crippen LogP contribution < -0.4 is 9.46 Å². The largest absolute Gasteiger partial charge is 0.495 e. The third-order valence-electron chi connectivity index (χ3n) is 3.05. The molecule has 0 aromatic heterocycles. The summed E-state index contributed by atoms with van der Waals surface area (Å²) in [5.41, 5.74) is 0. The van der Waals surface area contributed by atoms with Crippen LogP contribution in [0.3, 0.4) is 0 Å². The van der Waals surface area contributed by atoms with Crippen LogP contribution in [0.5, 0.6) is 5.75 Å². The smallest absolute Gasteiger partial charge is 0.242 e. The second-order valence-electron chi connectivity index (χ2n) is 4.38. The number of benzene rings is 1. The highest BCUT2D eigenvalue weighted by Crippen LogP contribution is 2.36. The molecule has 0 radical (unpaired) electrons. The first-order chi connectivity index (χ1) is 9.45. The van der Waals surface area contributed by atoms with Gasteiger partial charge in [0.1, 0.15) is 15.7 Å². The molecule has 1 aromatic rings. The van der Waals surface area contributed by atoms with E-state index in [1.165, 1.54) is 19.2 Å². The van der Waals surface area contributed by atoms with Gasteiger partial charge in [-0.2, -0.15) is 0 Å². The molecule has 1 heterocycles. The average Bonchev–Trinajstić information content (AvgIpc) is 2.92. The summed E-state index contributed by atoms with van der Waals surface area (Å²) < 4.78 is 37.3. The Bertz CT molecular complexity index is 585. The van der Waals surface area contributed by atoms with Gasteiger partial charge in [0.2, 0.25) is 10.0 Å². The van der Waals surface area contributed by atoms with E-state index in [0.717, 1.165) is 12.8 Å². The minimum atomic E-state index is -3.73. The molecule has 112 valence electrons. The van der Waals surface area contributed by atoms with Gasteiger partial charge in [0.25, 0.3) is 0 Å². The Hall–Kier alpha value is -0.530. The van der Waals surface area contributed by atoms with Gasteiger partial charge in [-0.1, -0.05) is 23.2 Å². The first kappa shape index (κ1) is 15.9. The predicted octanol–water partition coefficient (Wildman–Crippen LogP) is 2.46. The van der Waals surface area contributed by atoms with E-state index < -0.39 is 10.0 Å². The van der Waals surface area contributed by atoms with Gasteiger partial charge >= 0.3 is 0 Å². The molecular formula is C12H15Cl2NO4S. The number of hydrogen-bond donors (Lipinski definition) is 1. The van der Waals surface area contributed by atoms with Crippen molar-refractivity contribution in [2.75, 3.05) is 20.3 Å². The summed E-state index contributed by atoms with van der Waals surface area (Å²) in [5.74, 6) is 0.328. The van der Waals surface area contributed by atoms with Gasteiger partial charge < -0.3 is 9.47 Å². The van der Waals surface area contributed by atoms with Gasteiger partial charge in [0, 0.05) is 13.2 Å². The lowest BCUT2D eigenvalue weighted by Gasteiger charge is -2.13. The fraction of sp³-hybridized carbons (Fsp3) is 0.500. The highest BCUT2D eigenvalue weighted by Gasteiger charge is 2.24. The quantitative estimate of drug-likeness (QED) is 0.894. The summed E-state index contributed by atoms with van der Waals surface area (Å²) in [6.45, 7) is 0.893. The van der Waals surface area contributed by atoms with Crippen molar-refractivity contribution in [2.45, 2.75) is 23.8 Å². The van der Waals surface area contributed by atoms with Gasteiger partial charge in [-0.25, -0.2) is 13.1 Å². The van der Waals surface area contributed by atoms with Crippen LogP contribution in [0.15, 0.2) is 17.0 Å². The van der Waals surface area contributed by atoms with Gasteiger partial charge in [-0.05, 0) is 25.0 Å². The zero-order valence-corrected chi connectivity index (χ0v) is 13.2. The van der Waals surface area contributed by atoms with Crippen molar-refractivity contribution in [3.63, 3.8) is 0 Å². The number of hydrogen-bond acceptors (Lipinski definition) is 4.